The number of hydrogen-bond donors (Lipinski definition) is 2. The Bertz CT molecular complexity index is 2920. The average Bonchev–Trinajstić information content (AvgIpc) is 4.18. The number of fused-ring (bicyclic) bond motifs is 2. The van der Waals surface area contributed by atoms with E-state index in [1.54, 1.807) is 12.4 Å². The number of amides is 2. The summed E-state index contributed by atoms with van der Waals surface area (Å²) >= 11 is 0. The third-order valence-electron chi connectivity index (χ3n) is 15.0. The molecule has 2 amide bonds. The number of likely N-dealkylation sites (tertiary alicyclic amines) is 2. The Morgan fingerprint density at radius 3 is 1.29 bits per heavy atom. The number of aliphatic hydroxyl groups is 2. The van der Waals surface area contributed by atoms with Crippen LogP contribution in [0.5, 0.6) is 0 Å². The van der Waals surface area contributed by atoms with E-state index in [0.717, 1.165) is 81.7 Å². The summed E-state index contributed by atoms with van der Waals surface area (Å²) in [5, 5.41) is 46.2. The van der Waals surface area contributed by atoms with E-state index in [9.17, 15) is 19.8 Å². The summed E-state index contributed by atoms with van der Waals surface area (Å²) in [4.78, 5) is 38.7. The average molecular weight is 949 g/mol. The van der Waals surface area contributed by atoms with E-state index in [-0.39, 0.29) is 47.9 Å². The number of carbonyl (C=O) groups is 2. The van der Waals surface area contributed by atoms with Gasteiger partial charge in [-0.25, -0.2) is 19.0 Å². The van der Waals surface area contributed by atoms with Crippen molar-refractivity contribution in [2.75, 3.05) is 26.2 Å². The molecule has 4 aliphatic rings. The minimum atomic E-state index is -0.312. The fourth-order valence-electron chi connectivity index (χ4n) is 10.2. The van der Waals surface area contributed by atoms with Crippen LogP contribution in [0.1, 0.15) is 103 Å². The van der Waals surface area contributed by atoms with Crippen molar-refractivity contribution in [2.45, 2.75) is 115 Å². The van der Waals surface area contributed by atoms with Gasteiger partial charge in [-0.05, 0) is 63.5 Å². The number of aliphatic hydroxyl groups excluding tert-OH is 2. The van der Waals surface area contributed by atoms with Crippen LogP contribution in [0.15, 0.2) is 86.5 Å². The summed E-state index contributed by atoms with van der Waals surface area (Å²) in [6.07, 6.45) is 28.8. The van der Waals surface area contributed by atoms with Crippen LogP contribution in [0.3, 0.4) is 0 Å². The van der Waals surface area contributed by atoms with E-state index in [1.807, 2.05) is 99.3 Å². The first-order valence-corrected chi connectivity index (χ1v) is 24.9. The maximum atomic E-state index is 12.5. The minimum absolute atomic E-state index is 0.0168. The zero-order chi connectivity index (χ0) is 48.2. The van der Waals surface area contributed by atoms with Gasteiger partial charge >= 0.3 is 0 Å². The van der Waals surface area contributed by atoms with Crippen LogP contribution >= 0.6 is 0 Å². The summed E-state index contributed by atoms with van der Waals surface area (Å²) in [5.74, 6) is 0.278. The molecule has 2 aliphatic heterocycles. The van der Waals surface area contributed by atoms with Crippen LogP contribution in [-0.4, -0.2) is 139 Å². The molecule has 0 unspecified atom stereocenters. The lowest BCUT2D eigenvalue weighted by molar-refractivity contribution is -0.149. The highest BCUT2D eigenvalue weighted by molar-refractivity contribution is 5.82. The predicted molar refractivity (Wildman–Crippen MR) is 259 cm³/mol. The Labute approximate surface area is 404 Å². The van der Waals surface area contributed by atoms with Gasteiger partial charge in [-0.3, -0.25) is 28.3 Å². The van der Waals surface area contributed by atoms with E-state index in [0.29, 0.717) is 63.9 Å². The fourth-order valence-corrected chi connectivity index (χ4v) is 10.2. The molecule has 8 aromatic heterocycles. The second-order valence-electron chi connectivity index (χ2n) is 19.5. The topological polar surface area (TPSA) is 213 Å². The molecule has 0 aromatic carbocycles. The zero-order valence-corrected chi connectivity index (χ0v) is 40.1. The van der Waals surface area contributed by atoms with Gasteiger partial charge in [0.2, 0.25) is 11.8 Å². The molecule has 10 heterocycles. The van der Waals surface area contributed by atoms with Crippen molar-refractivity contribution >= 4 is 22.8 Å². The van der Waals surface area contributed by atoms with Gasteiger partial charge in [0.15, 0.2) is 0 Å². The number of rotatable bonds is 14. The van der Waals surface area contributed by atoms with Gasteiger partial charge in [0.1, 0.15) is 0 Å². The van der Waals surface area contributed by atoms with Crippen molar-refractivity contribution in [3.63, 3.8) is 0 Å². The summed E-state index contributed by atoms with van der Waals surface area (Å²) in [6.45, 7) is 11.3. The van der Waals surface area contributed by atoms with Gasteiger partial charge in [0, 0.05) is 85.1 Å². The molecule has 70 heavy (non-hydrogen) atoms. The largest absolute Gasteiger partial charge is 0.393 e. The van der Waals surface area contributed by atoms with Crippen molar-refractivity contribution in [1.82, 2.24) is 78.1 Å². The monoisotopic (exact) mass is 948 g/mol. The van der Waals surface area contributed by atoms with Crippen LogP contribution in [0.25, 0.3) is 56.1 Å². The molecule has 20 nitrogen and oxygen atoms in total. The Balaban J connectivity index is 0.000000152. The molecule has 0 bridgehead atoms. The number of nitrogens with zero attached hydrogens (tertiary/aromatic N) is 16. The first-order valence-electron chi connectivity index (χ1n) is 24.9. The van der Waals surface area contributed by atoms with E-state index in [1.165, 1.54) is 0 Å². The van der Waals surface area contributed by atoms with Gasteiger partial charge in [0.25, 0.3) is 0 Å². The predicted octanol–water partition coefficient (Wildman–Crippen LogP) is 5.94. The molecule has 0 radical (unpaired) electrons. The van der Waals surface area contributed by atoms with Gasteiger partial charge in [-0.2, -0.15) is 30.6 Å². The van der Waals surface area contributed by atoms with Crippen LogP contribution in [0.2, 0.25) is 0 Å². The summed E-state index contributed by atoms with van der Waals surface area (Å²) in [7, 11) is 0. The SMILES string of the molecule is CCC(CC)n1cc(-c2nc(-c3cnn(C4CN(C(=O)C5CC(O)C5)C4)c3)cn3nccc23)cn1.CCC(CC)n1cc(-c2nc(-c3cnn(C4CN(C(=O)C5CC(O)C5)C4)c3)cn3nccc23)cn1. The lowest BCUT2D eigenvalue weighted by Gasteiger charge is -2.43. The smallest absolute Gasteiger partial charge is 0.226 e. The van der Waals surface area contributed by atoms with Crippen LogP contribution in [0.4, 0.5) is 0 Å². The normalized spacial score (nSPS) is 20.4. The summed E-state index contributed by atoms with van der Waals surface area (Å²) in [6, 6.07) is 4.98. The third kappa shape index (κ3) is 8.45. The van der Waals surface area contributed by atoms with E-state index in [2.05, 4.69) is 70.7 Å². The van der Waals surface area contributed by atoms with Crippen molar-refractivity contribution in [1.29, 1.82) is 0 Å². The number of aromatic nitrogens is 14. The highest BCUT2D eigenvalue weighted by Gasteiger charge is 2.42. The Morgan fingerprint density at radius 2 is 0.914 bits per heavy atom. The first kappa shape index (κ1) is 45.4. The Morgan fingerprint density at radius 1 is 0.529 bits per heavy atom. The maximum absolute atomic E-state index is 12.5. The van der Waals surface area contributed by atoms with E-state index in [4.69, 9.17) is 9.97 Å². The molecule has 2 aliphatic carbocycles. The first-order chi connectivity index (χ1) is 34.1. The summed E-state index contributed by atoms with van der Waals surface area (Å²) in [5.41, 5.74) is 8.85. The second kappa shape index (κ2) is 18.7. The van der Waals surface area contributed by atoms with Crippen LogP contribution in [0, 0.1) is 11.8 Å². The molecule has 12 rings (SSSR count). The molecule has 2 saturated carbocycles. The molecular weight excluding hydrogens is 889 g/mol. The van der Waals surface area contributed by atoms with Gasteiger partial charge in [-0.1, -0.05) is 27.7 Å². The molecule has 20 heteroatoms. The quantitative estimate of drug-likeness (QED) is 0.130. The third-order valence-corrected chi connectivity index (χ3v) is 15.0. The lowest BCUT2D eigenvalue weighted by atomic mass is 9.81. The second-order valence-corrected chi connectivity index (χ2v) is 19.5. The number of hydrogen-bond acceptors (Lipinski definition) is 12. The molecular formula is C50H60N16O4. The van der Waals surface area contributed by atoms with Crippen LogP contribution < -0.4 is 0 Å². The molecule has 0 atom stereocenters. The Kier molecular flexibility index (Phi) is 12.1. The maximum Gasteiger partial charge on any atom is 0.226 e. The standard InChI is InChI=1S/2C25H30N8O2/c2*1-3-19(4-2)31-12-18(10-28-31)24-23-5-6-26-33(23)15-22(29-24)17-9-27-32(11-17)20-13-30(14-20)25(35)16-7-21(34)8-16/h2*5-6,9-12,15-16,19-21,34H,3-4,7-8,13-14H2,1-2H3. The van der Waals surface area contributed by atoms with Gasteiger partial charge in [-0.15, -0.1) is 0 Å². The van der Waals surface area contributed by atoms with Crippen LogP contribution in [-0.2, 0) is 9.59 Å². The molecule has 8 aromatic rings. The van der Waals surface area contributed by atoms with Crippen molar-refractivity contribution in [3.8, 4) is 45.0 Å². The molecule has 2 N–H and O–H groups in total. The van der Waals surface area contributed by atoms with Gasteiger partial charge in [0.05, 0.1) is 120 Å². The highest BCUT2D eigenvalue weighted by atomic mass is 16.3. The minimum Gasteiger partial charge on any atom is -0.393 e. The molecule has 4 fully saturated rings. The molecule has 364 valence electrons. The zero-order valence-electron chi connectivity index (χ0n) is 40.1. The molecule has 2 saturated heterocycles. The fraction of sp³-hybridized carbons (Fsp3) is 0.480. The Hall–Kier alpha value is -7.06. The van der Waals surface area contributed by atoms with Gasteiger partial charge < -0.3 is 20.0 Å². The van der Waals surface area contributed by atoms with E-state index < -0.39 is 0 Å². The van der Waals surface area contributed by atoms with Crippen molar-refractivity contribution in [3.05, 3.63) is 86.5 Å². The summed E-state index contributed by atoms with van der Waals surface area (Å²) < 4.78 is 11.6. The molecule has 0 spiro atoms. The lowest BCUT2D eigenvalue weighted by Crippen LogP contribution is -2.55. The van der Waals surface area contributed by atoms with Crippen molar-refractivity contribution in [2.24, 2.45) is 11.8 Å². The van der Waals surface area contributed by atoms with E-state index >= 15 is 0 Å². The van der Waals surface area contributed by atoms with Crippen molar-refractivity contribution < 1.29 is 19.8 Å². The number of carbonyl (C=O) groups excluding carboxylic acids is 2. The highest BCUT2D eigenvalue weighted by Crippen LogP contribution is 2.36.